The molecule has 0 aliphatic carbocycles. The van der Waals surface area contributed by atoms with Crippen LogP contribution < -0.4 is 10.1 Å². The number of hydrogen-bond acceptors (Lipinski definition) is 8. The number of benzene rings is 1. The van der Waals surface area contributed by atoms with Gasteiger partial charge in [-0.3, -0.25) is 9.48 Å². The third-order valence-electron chi connectivity index (χ3n) is 8.56. The second kappa shape index (κ2) is 10.3. The Balaban J connectivity index is 1.29. The number of anilines is 1. The van der Waals surface area contributed by atoms with E-state index >= 15 is 0 Å². The maximum atomic E-state index is 12.8. The van der Waals surface area contributed by atoms with Crippen LogP contribution in [0.2, 0.25) is 0 Å². The van der Waals surface area contributed by atoms with Crippen LogP contribution in [0.1, 0.15) is 31.0 Å². The van der Waals surface area contributed by atoms with Gasteiger partial charge in [-0.2, -0.15) is 13.9 Å². The van der Waals surface area contributed by atoms with Gasteiger partial charge in [-0.1, -0.05) is 0 Å². The van der Waals surface area contributed by atoms with Crippen molar-refractivity contribution in [1.82, 2.24) is 29.5 Å². The van der Waals surface area contributed by atoms with Crippen molar-refractivity contribution < 1.29 is 18.3 Å². The van der Waals surface area contributed by atoms with E-state index < -0.39 is 6.61 Å². The van der Waals surface area contributed by atoms with Gasteiger partial charge >= 0.3 is 6.61 Å². The summed E-state index contributed by atoms with van der Waals surface area (Å²) in [6, 6.07) is 9.00. The van der Waals surface area contributed by atoms with Crippen LogP contribution in [0.5, 0.6) is 5.75 Å². The lowest BCUT2D eigenvalue weighted by Gasteiger charge is -2.55. The lowest BCUT2D eigenvalue weighted by Crippen LogP contribution is -2.60. The highest BCUT2D eigenvalue weighted by atomic mass is 19.3. The minimum Gasteiger partial charge on any atom is -0.435 e. The van der Waals surface area contributed by atoms with E-state index in [1.807, 2.05) is 53.7 Å². The molecule has 6 rings (SSSR count). The van der Waals surface area contributed by atoms with Gasteiger partial charge in [0.05, 0.1) is 5.52 Å². The van der Waals surface area contributed by atoms with Crippen molar-refractivity contribution in [2.24, 2.45) is 17.5 Å². The number of amidine groups is 1. The van der Waals surface area contributed by atoms with Crippen molar-refractivity contribution in [1.29, 1.82) is 0 Å². The highest BCUT2D eigenvalue weighted by Crippen LogP contribution is 2.43. The molecule has 41 heavy (non-hydrogen) atoms. The van der Waals surface area contributed by atoms with Gasteiger partial charge in [-0.15, -0.1) is 0 Å². The third kappa shape index (κ3) is 5.18. The zero-order valence-corrected chi connectivity index (χ0v) is 23.6. The summed E-state index contributed by atoms with van der Waals surface area (Å²) in [6.07, 6.45) is 5.08. The van der Waals surface area contributed by atoms with Gasteiger partial charge in [-0.05, 0) is 44.0 Å². The number of pyridine rings is 1. The van der Waals surface area contributed by atoms with Crippen molar-refractivity contribution in [2.75, 3.05) is 38.5 Å². The zero-order valence-electron chi connectivity index (χ0n) is 23.6. The molecule has 0 saturated carbocycles. The molecule has 1 spiro atoms. The van der Waals surface area contributed by atoms with Gasteiger partial charge in [-0.25, -0.2) is 9.98 Å². The first-order valence-electron chi connectivity index (χ1n) is 13.8. The Hall–Kier alpha value is -4.22. The number of likely N-dealkylation sites (N-methyl/N-ethyl adjacent to an activating group) is 1. The van der Waals surface area contributed by atoms with Crippen LogP contribution in [0.25, 0.3) is 10.9 Å². The lowest BCUT2D eigenvalue weighted by molar-refractivity contribution is -0.133. The summed E-state index contributed by atoms with van der Waals surface area (Å²) in [5, 5.41) is 9.00. The molecular formula is C29H34F2N8O2. The number of hydrogen-bond donors (Lipinski definition) is 1. The quantitative estimate of drug-likeness (QED) is 0.487. The first-order valence-corrected chi connectivity index (χ1v) is 13.8. The maximum absolute atomic E-state index is 12.8. The molecule has 2 fully saturated rings. The van der Waals surface area contributed by atoms with Gasteiger partial charge in [0.25, 0.3) is 0 Å². The number of piperidine rings is 1. The Labute approximate surface area is 237 Å². The smallest absolute Gasteiger partial charge is 0.387 e. The highest BCUT2D eigenvalue weighted by molar-refractivity contribution is 6.03. The van der Waals surface area contributed by atoms with E-state index in [9.17, 15) is 13.6 Å². The Kier molecular flexibility index (Phi) is 6.79. The van der Waals surface area contributed by atoms with Crippen LogP contribution in [-0.4, -0.2) is 87.2 Å². The van der Waals surface area contributed by atoms with Crippen molar-refractivity contribution >= 4 is 28.5 Å². The van der Waals surface area contributed by atoms with E-state index in [-0.39, 0.29) is 23.2 Å². The Morgan fingerprint density at radius 3 is 2.61 bits per heavy atom. The minimum absolute atomic E-state index is 0.0353. The number of halogens is 2. The summed E-state index contributed by atoms with van der Waals surface area (Å²) in [5.74, 6) is 2.20. The Morgan fingerprint density at radius 1 is 1.15 bits per heavy atom. The number of aliphatic imine (C=N–C) groups is 1. The molecule has 1 N–H and O–H groups in total. The number of nitrogens with zero attached hydrogens (tertiary/aromatic N) is 7. The fraction of sp³-hybridized carbons (Fsp3) is 0.448. The molecule has 3 aromatic rings. The molecular weight excluding hydrogens is 530 g/mol. The number of rotatable bonds is 6. The Bertz CT molecular complexity index is 1530. The Morgan fingerprint density at radius 2 is 1.90 bits per heavy atom. The van der Waals surface area contributed by atoms with Gasteiger partial charge in [0.15, 0.2) is 0 Å². The number of nitrogens with one attached hydrogen (secondary N) is 1. The number of carbonyl (C=O) groups excluding carboxylic acids is 1. The van der Waals surface area contributed by atoms with E-state index in [0.717, 1.165) is 72.8 Å². The molecule has 0 bridgehead atoms. The summed E-state index contributed by atoms with van der Waals surface area (Å²) in [6.45, 7) is 4.07. The number of aromatic nitrogens is 3. The van der Waals surface area contributed by atoms with Crippen LogP contribution in [-0.2, 0) is 11.8 Å². The molecule has 1 atom stereocenters. The number of carbonyl (C=O) groups is 1. The fourth-order valence-electron chi connectivity index (χ4n) is 6.01. The summed E-state index contributed by atoms with van der Waals surface area (Å²) in [4.78, 5) is 27.5. The maximum Gasteiger partial charge on any atom is 0.387 e. The molecule has 1 aromatic carbocycles. The molecule has 12 heteroatoms. The topological polar surface area (TPSA) is 91.1 Å². The monoisotopic (exact) mass is 564 g/mol. The predicted molar refractivity (Wildman–Crippen MR) is 152 cm³/mol. The van der Waals surface area contributed by atoms with E-state index in [1.54, 1.807) is 6.92 Å². The number of likely N-dealkylation sites (tertiary alicyclic amines) is 2. The lowest BCUT2D eigenvalue weighted by atomic mass is 9.72. The summed E-state index contributed by atoms with van der Waals surface area (Å²) < 4.78 is 32.1. The first kappa shape index (κ1) is 27.0. The molecule has 1 unspecified atom stereocenters. The van der Waals surface area contributed by atoms with Gasteiger partial charge in [0.2, 0.25) is 5.91 Å². The minimum atomic E-state index is -2.92. The van der Waals surface area contributed by atoms with Crippen LogP contribution in [0.4, 0.5) is 14.6 Å². The molecule has 2 aromatic heterocycles. The number of alkyl halides is 2. The number of fused-ring (bicyclic) bond motifs is 1. The average molecular weight is 565 g/mol. The van der Waals surface area contributed by atoms with Crippen LogP contribution >= 0.6 is 0 Å². The van der Waals surface area contributed by atoms with Crippen LogP contribution in [0, 0.1) is 12.3 Å². The third-order valence-corrected chi connectivity index (χ3v) is 8.56. The molecule has 3 aliphatic rings. The van der Waals surface area contributed by atoms with Crippen molar-refractivity contribution in [3.63, 3.8) is 0 Å². The van der Waals surface area contributed by atoms with Crippen LogP contribution in [0.3, 0.4) is 0 Å². The summed E-state index contributed by atoms with van der Waals surface area (Å²) in [5.41, 5.74) is 3.11. The largest absolute Gasteiger partial charge is 0.435 e. The first-order chi connectivity index (χ1) is 19.6. The second-order valence-corrected chi connectivity index (χ2v) is 11.2. The zero-order chi connectivity index (χ0) is 28.9. The van der Waals surface area contributed by atoms with Gasteiger partial charge < -0.3 is 24.8 Å². The second-order valence-electron chi connectivity index (χ2n) is 11.2. The number of aryl methyl sites for hydroxylation is 2. The normalized spacial score (nSPS) is 20.3. The highest BCUT2D eigenvalue weighted by Gasteiger charge is 2.46. The van der Waals surface area contributed by atoms with Crippen molar-refractivity contribution in [2.45, 2.75) is 39.5 Å². The van der Waals surface area contributed by atoms with E-state index in [0.29, 0.717) is 5.82 Å². The molecule has 0 radical (unpaired) electrons. The van der Waals surface area contributed by atoms with Crippen molar-refractivity contribution in [3.8, 4) is 5.75 Å². The number of ether oxygens (including phenoxy) is 1. The van der Waals surface area contributed by atoms with Crippen LogP contribution in [0.15, 0.2) is 53.4 Å². The van der Waals surface area contributed by atoms with E-state index in [1.165, 1.54) is 18.3 Å². The molecule has 1 amide bonds. The predicted octanol–water partition coefficient (Wildman–Crippen LogP) is 3.79. The average Bonchev–Trinajstić information content (AvgIpc) is 3.21. The van der Waals surface area contributed by atoms with Crippen molar-refractivity contribution in [3.05, 3.63) is 59.7 Å². The SMILES string of the molecule is CC(=O)N1CCC2(CC1)CN(C1=CC(Nc3cc(OC(F)F)ccn3)N(C)C(c3ccc4nn(C)c(C)c4c3)=N1)C2. The molecule has 216 valence electrons. The number of amides is 1. The summed E-state index contributed by atoms with van der Waals surface area (Å²) >= 11 is 0. The standard InChI is InChI=1S/C29H34F2N8O2/c1-18-22-13-20(5-6-23(22)35-37(18)4)27-34-26(39-16-29(17-39)8-11-38(12-9-29)19(2)40)15-25(36(27)3)33-24-14-21(7-10-32-24)41-28(30)31/h5-7,10,13-15,25,28H,8-9,11-12,16-17H2,1-4H3,(H,32,33). The summed E-state index contributed by atoms with van der Waals surface area (Å²) in [7, 11) is 3.87. The molecule has 10 nitrogen and oxygen atoms in total. The van der Waals surface area contributed by atoms with E-state index in [4.69, 9.17) is 4.99 Å². The van der Waals surface area contributed by atoms with E-state index in [2.05, 4.69) is 31.1 Å². The molecule has 3 aliphatic heterocycles. The molecule has 2 saturated heterocycles. The fourth-order valence-corrected chi connectivity index (χ4v) is 6.01. The van der Waals surface area contributed by atoms with Gasteiger partial charge in [0, 0.05) is 87.6 Å². The van der Waals surface area contributed by atoms with Gasteiger partial charge in [0.1, 0.15) is 29.4 Å². The molecule has 5 heterocycles.